The molecule has 0 radical (unpaired) electrons. The Morgan fingerprint density at radius 1 is 1.17 bits per heavy atom. The van der Waals surface area contributed by atoms with Crippen molar-refractivity contribution in [2.75, 3.05) is 17.6 Å². The molecule has 0 amide bonds. The van der Waals surface area contributed by atoms with Crippen molar-refractivity contribution in [2.45, 2.75) is 48.6 Å². The maximum Gasteiger partial charge on any atom is 0.191 e. The van der Waals surface area contributed by atoms with Crippen LogP contribution in [0.25, 0.3) is 10.3 Å². The van der Waals surface area contributed by atoms with Crippen molar-refractivity contribution >= 4 is 44.4 Å². The lowest BCUT2D eigenvalue weighted by atomic mass is 9.85. The fourth-order valence-corrected chi connectivity index (χ4v) is 4.99. The molecule has 4 N–H and O–H groups in total. The third-order valence-corrected chi connectivity index (χ3v) is 6.78. The van der Waals surface area contributed by atoms with Crippen molar-refractivity contribution in [2.24, 2.45) is 0 Å². The van der Waals surface area contributed by atoms with Gasteiger partial charge >= 0.3 is 0 Å². The van der Waals surface area contributed by atoms with Crippen LogP contribution in [0.5, 0.6) is 0 Å². The summed E-state index contributed by atoms with van der Waals surface area (Å²) >= 11 is 2.46. The number of thiazole rings is 1. The van der Waals surface area contributed by atoms with Crippen LogP contribution in [0, 0.1) is 11.6 Å². The SMILES string of the molecule is Nc1nc2nc(SCc3cccc(F)c3F)nc(NCC3(O)CCCCC3)c2s1. The predicted molar refractivity (Wildman–Crippen MR) is 112 cm³/mol. The third kappa shape index (κ3) is 4.59. The average Bonchev–Trinajstić information content (AvgIpc) is 3.08. The quantitative estimate of drug-likeness (QED) is 0.390. The summed E-state index contributed by atoms with van der Waals surface area (Å²) < 4.78 is 28.0. The number of anilines is 2. The minimum atomic E-state index is -0.880. The summed E-state index contributed by atoms with van der Waals surface area (Å²) in [4.78, 5) is 13.1. The van der Waals surface area contributed by atoms with E-state index in [-0.39, 0.29) is 11.3 Å². The van der Waals surface area contributed by atoms with Gasteiger partial charge < -0.3 is 16.2 Å². The van der Waals surface area contributed by atoms with Gasteiger partial charge in [0.1, 0.15) is 4.70 Å². The first-order valence-corrected chi connectivity index (χ1v) is 11.2. The van der Waals surface area contributed by atoms with Crippen molar-refractivity contribution in [1.82, 2.24) is 15.0 Å². The zero-order valence-electron chi connectivity index (χ0n) is 15.6. The minimum Gasteiger partial charge on any atom is -0.388 e. The van der Waals surface area contributed by atoms with Crippen LogP contribution in [0.4, 0.5) is 19.7 Å². The van der Waals surface area contributed by atoms with Crippen LogP contribution in [0.2, 0.25) is 0 Å². The molecule has 4 rings (SSSR count). The van der Waals surface area contributed by atoms with E-state index in [1.54, 1.807) is 0 Å². The summed E-state index contributed by atoms with van der Waals surface area (Å²) in [6.45, 7) is 0.375. The molecule has 0 spiro atoms. The second kappa shape index (κ2) is 8.37. The van der Waals surface area contributed by atoms with Gasteiger partial charge in [0.15, 0.2) is 33.4 Å². The first-order chi connectivity index (χ1) is 13.9. The Morgan fingerprint density at radius 3 is 2.76 bits per heavy atom. The Hall–Kier alpha value is -2.04. The van der Waals surface area contributed by atoms with E-state index in [0.29, 0.717) is 33.0 Å². The summed E-state index contributed by atoms with van der Waals surface area (Å²) in [5.74, 6) is -1.02. The highest BCUT2D eigenvalue weighted by molar-refractivity contribution is 7.98. The van der Waals surface area contributed by atoms with Crippen molar-refractivity contribution in [3.63, 3.8) is 0 Å². The Balaban J connectivity index is 1.56. The van der Waals surface area contributed by atoms with Gasteiger partial charge in [0, 0.05) is 17.9 Å². The lowest BCUT2D eigenvalue weighted by Crippen LogP contribution is -2.39. The number of thioether (sulfide) groups is 1. The van der Waals surface area contributed by atoms with E-state index in [1.165, 1.54) is 35.2 Å². The van der Waals surface area contributed by atoms with Crippen molar-refractivity contribution < 1.29 is 13.9 Å². The van der Waals surface area contributed by atoms with Crippen LogP contribution in [-0.4, -0.2) is 32.2 Å². The molecule has 1 saturated carbocycles. The Bertz CT molecular complexity index is 1020. The summed E-state index contributed by atoms with van der Waals surface area (Å²) in [5, 5.41) is 14.7. The second-order valence-electron chi connectivity index (χ2n) is 7.20. The van der Waals surface area contributed by atoms with Crippen LogP contribution in [-0.2, 0) is 5.75 Å². The Labute approximate surface area is 175 Å². The number of nitrogens with one attached hydrogen (secondary N) is 1. The normalized spacial score (nSPS) is 16.2. The molecule has 1 fully saturated rings. The molecular weight excluding hydrogens is 416 g/mol. The highest BCUT2D eigenvalue weighted by Gasteiger charge is 2.29. The molecule has 1 aliphatic rings. The fraction of sp³-hybridized carbons (Fsp3) is 0.421. The summed E-state index contributed by atoms with van der Waals surface area (Å²) in [5.41, 5.74) is 5.77. The third-order valence-electron chi connectivity index (χ3n) is 5.01. The molecule has 29 heavy (non-hydrogen) atoms. The monoisotopic (exact) mass is 437 g/mol. The molecule has 154 valence electrons. The molecule has 6 nitrogen and oxygen atoms in total. The first-order valence-electron chi connectivity index (χ1n) is 9.39. The van der Waals surface area contributed by atoms with Crippen LogP contribution in [0.15, 0.2) is 23.4 Å². The molecule has 2 heterocycles. The van der Waals surface area contributed by atoms with E-state index in [4.69, 9.17) is 5.73 Å². The molecule has 0 unspecified atom stereocenters. The maximum absolute atomic E-state index is 13.9. The van der Waals surface area contributed by atoms with Gasteiger partial charge in [-0.3, -0.25) is 0 Å². The van der Waals surface area contributed by atoms with Crippen LogP contribution >= 0.6 is 23.1 Å². The molecule has 2 aromatic heterocycles. The van der Waals surface area contributed by atoms with Gasteiger partial charge in [0.05, 0.1) is 5.60 Å². The van der Waals surface area contributed by atoms with Gasteiger partial charge in [-0.25, -0.2) is 23.7 Å². The summed E-state index contributed by atoms with van der Waals surface area (Å²) in [6.07, 6.45) is 4.65. The van der Waals surface area contributed by atoms with E-state index in [2.05, 4.69) is 20.3 Å². The largest absolute Gasteiger partial charge is 0.388 e. The molecule has 3 aromatic rings. The number of aromatic nitrogens is 3. The van der Waals surface area contributed by atoms with Crippen molar-refractivity contribution in [3.05, 3.63) is 35.4 Å². The van der Waals surface area contributed by atoms with Crippen LogP contribution in [0.3, 0.4) is 0 Å². The number of nitrogens with two attached hydrogens (primary N) is 1. The van der Waals surface area contributed by atoms with Crippen LogP contribution in [0.1, 0.15) is 37.7 Å². The summed E-state index contributed by atoms with van der Waals surface area (Å²) in [6, 6.07) is 4.09. The number of nitrogens with zero attached hydrogens (tertiary/aromatic N) is 3. The number of fused-ring (bicyclic) bond motifs is 1. The lowest BCUT2D eigenvalue weighted by molar-refractivity contribution is 0.0167. The second-order valence-corrected chi connectivity index (χ2v) is 9.17. The Kier molecular flexibility index (Phi) is 5.84. The average molecular weight is 438 g/mol. The Morgan fingerprint density at radius 2 is 1.97 bits per heavy atom. The van der Waals surface area contributed by atoms with Gasteiger partial charge in [-0.1, -0.05) is 54.5 Å². The lowest BCUT2D eigenvalue weighted by Gasteiger charge is -2.32. The number of hydrogen-bond donors (Lipinski definition) is 3. The highest BCUT2D eigenvalue weighted by atomic mass is 32.2. The van der Waals surface area contributed by atoms with Crippen molar-refractivity contribution in [1.29, 1.82) is 0 Å². The molecule has 1 aliphatic carbocycles. The zero-order valence-corrected chi connectivity index (χ0v) is 17.3. The van der Waals surface area contributed by atoms with Crippen LogP contribution < -0.4 is 11.1 Å². The summed E-state index contributed by atoms with van der Waals surface area (Å²) in [7, 11) is 0. The minimum absolute atomic E-state index is 0.179. The van der Waals surface area contributed by atoms with Gasteiger partial charge in [-0.2, -0.15) is 0 Å². The molecular formula is C19H21F2N5OS2. The standard InChI is InChI=1S/C19H21F2N5OS2/c20-12-6-4-5-11(13(12)21)9-28-18-25-15(14-16(26-18)24-17(22)29-14)23-10-19(27)7-2-1-3-8-19/h4-6,27H,1-3,7-10H2,(H3,22,23,24,25,26). The topological polar surface area (TPSA) is 97.0 Å². The fourth-order valence-electron chi connectivity index (χ4n) is 3.44. The molecule has 0 atom stereocenters. The first kappa shape index (κ1) is 20.2. The van der Waals surface area contributed by atoms with Gasteiger partial charge in [0.25, 0.3) is 0 Å². The van der Waals surface area contributed by atoms with E-state index < -0.39 is 17.2 Å². The molecule has 0 bridgehead atoms. The smallest absolute Gasteiger partial charge is 0.191 e. The number of benzene rings is 1. The van der Waals surface area contributed by atoms with Crippen molar-refractivity contribution in [3.8, 4) is 0 Å². The number of nitrogen functional groups attached to an aromatic ring is 1. The molecule has 10 heteroatoms. The number of hydrogen-bond acceptors (Lipinski definition) is 8. The number of aliphatic hydroxyl groups is 1. The van der Waals surface area contributed by atoms with E-state index in [0.717, 1.165) is 38.2 Å². The highest BCUT2D eigenvalue weighted by Crippen LogP contribution is 2.33. The van der Waals surface area contributed by atoms with Gasteiger partial charge in [0.2, 0.25) is 0 Å². The van der Waals surface area contributed by atoms with E-state index >= 15 is 0 Å². The number of rotatable bonds is 6. The molecule has 1 aromatic carbocycles. The van der Waals surface area contributed by atoms with Gasteiger partial charge in [-0.15, -0.1) is 0 Å². The molecule has 0 aliphatic heterocycles. The predicted octanol–water partition coefficient (Wildman–Crippen LogP) is 4.35. The number of halogens is 2. The maximum atomic E-state index is 13.9. The van der Waals surface area contributed by atoms with Gasteiger partial charge in [-0.05, 0) is 18.9 Å². The van der Waals surface area contributed by atoms with E-state index in [9.17, 15) is 13.9 Å². The van der Waals surface area contributed by atoms with E-state index in [1.807, 2.05) is 0 Å². The zero-order chi connectivity index (χ0) is 20.4. The molecule has 0 saturated heterocycles.